The first-order chi connectivity index (χ1) is 6.72. The van der Waals surface area contributed by atoms with Gasteiger partial charge < -0.3 is 10.6 Å². The SMILES string of the molecule is CCCNC(=O)NC1(CC)CCCC1. The normalized spacial score (nSPS) is 19.3. The van der Waals surface area contributed by atoms with Crippen molar-refractivity contribution in [2.75, 3.05) is 6.54 Å². The zero-order valence-electron chi connectivity index (χ0n) is 9.36. The Morgan fingerprint density at radius 2 is 1.93 bits per heavy atom. The highest BCUT2D eigenvalue weighted by molar-refractivity contribution is 5.74. The number of rotatable bonds is 4. The molecule has 2 amide bonds. The Bertz CT molecular complexity index is 186. The average molecular weight is 198 g/mol. The summed E-state index contributed by atoms with van der Waals surface area (Å²) in [6.07, 6.45) is 6.83. The number of nitrogens with one attached hydrogen (secondary N) is 2. The molecule has 0 atom stereocenters. The molecule has 0 aromatic heterocycles. The Balaban J connectivity index is 2.36. The predicted octanol–water partition coefficient (Wildman–Crippen LogP) is 2.42. The van der Waals surface area contributed by atoms with Crippen molar-refractivity contribution in [3.05, 3.63) is 0 Å². The van der Waals surface area contributed by atoms with E-state index in [1.165, 1.54) is 12.8 Å². The van der Waals surface area contributed by atoms with Crippen LogP contribution in [0.4, 0.5) is 4.79 Å². The minimum atomic E-state index is 0.00981. The third-order valence-electron chi connectivity index (χ3n) is 3.15. The number of hydrogen-bond donors (Lipinski definition) is 2. The topological polar surface area (TPSA) is 41.1 Å². The number of amides is 2. The van der Waals surface area contributed by atoms with Gasteiger partial charge in [0, 0.05) is 12.1 Å². The minimum absolute atomic E-state index is 0.00981. The van der Waals surface area contributed by atoms with Gasteiger partial charge in [0.05, 0.1) is 0 Å². The fourth-order valence-corrected chi connectivity index (χ4v) is 2.14. The first-order valence-corrected chi connectivity index (χ1v) is 5.78. The summed E-state index contributed by atoms with van der Waals surface area (Å²) in [5, 5.41) is 6.00. The van der Waals surface area contributed by atoms with Crippen LogP contribution in [-0.2, 0) is 0 Å². The second-order valence-corrected chi connectivity index (χ2v) is 4.22. The maximum atomic E-state index is 11.5. The van der Waals surface area contributed by atoms with Crippen LogP contribution < -0.4 is 10.6 Å². The van der Waals surface area contributed by atoms with Crippen LogP contribution in [-0.4, -0.2) is 18.1 Å². The van der Waals surface area contributed by atoms with E-state index in [0.29, 0.717) is 0 Å². The lowest BCUT2D eigenvalue weighted by atomic mass is 9.94. The highest BCUT2D eigenvalue weighted by Crippen LogP contribution is 2.32. The summed E-state index contributed by atoms with van der Waals surface area (Å²) in [6.45, 7) is 4.99. The van der Waals surface area contributed by atoms with Crippen molar-refractivity contribution in [1.82, 2.24) is 10.6 Å². The van der Waals surface area contributed by atoms with Crippen molar-refractivity contribution in [3.8, 4) is 0 Å². The maximum Gasteiger partial charge on any atom is 0.315 e. The Kier molecular flexibility index (Phi) is 4.23. The molecule has 0 heterocycles. The van der Waals surface area contributed by atoms with Crippen LogP contribution in [0.3, 0.4) is 0 Å². The van der Waals surface area contributed by atoms with Crippen LogP contribution in [0.15, 0.2) is 0 Å². The monoisotopic (exact) mass is 198 g/mol. The van der Waals surface area contributed by atoms with E-state index in [0.717, 1.165) is 32.2 Å². The van der Waals surface area contributed by atoms with Crippen molar-refractivity contribution in [2.45, 2.75) is 57.9 Å². The summed E-state index contributed by atoms with van der Waals surface area (Å²) in [5.41, 5.74) is 0.0951. The molecule has 0 spiro atoms. The average Bonchev–Trinajstić information content (AvgIpc) is 2.64. The van der Waals surface area contributed by atoms with Crippen molar-refractivity contribution in [2.24, 2.45) is 0 Å². The van der Waals surface area contributed by atoms with Crippen molar-refractivity contribution < 1.29 is 4.79 Å². The molecule has 1 rings (SSSR count). The van der Waals surface area contributed by atoms with Crippen LogP contribution in [0, 0.1) is 0 Å². The van der Waals surface area contributed by atoms with E-state index in [1.807, 2.05) is 0 Å². The van der Waals surface area contributed by atoms with Gasteiger partial charge in [0.15, 0.2) is 0 Å². The van der Waals surface area contributed by atoms with Crippen LogP contribution in [0.1, 0.15) is 52.4 Å². The largest absolute Gasteiger partial charge is 0.338 e. The van der Waals surface area contributed by atoms with Crippen LogP contribution in [0.2, 0.25) is 0 Å². The number of carbonyl (C=O) groups is 1. The van der Waals surface area contributed by atoms with E-state index < -0.39 is 0 Å². The molecule has 1 fully saturated rings. The molecular weight excluding hydrogens is 176 g/mol. The van der Waals surface area contributed by atoms with E-state index >= 15 is 0 Å². The summed E-state index contributed by atoms with van der Waals surface area (Å²) < 4.78 is 0. The summed E-state index contributed by atoms with van der Waals surface area (Å²) >= 11 is 0. The van der Waals surface area contributed by atoms with Crippen molar-refractivity contribution in [3.63, 3.8) is 0 Å². The molecule has 0 bridgehead atoms. The van der Waals surface area contributed by atoms with E-state index in [-0.39, 0.29) is 11.6 Å². The van der Waals surface area contributed by atoms with Gasteiger partial charge in [0.25, 0.3) is 0 Å². The Morgan fingerprint density at radius 3 is 2.43 bits per heavy atom. The summed E-state index contributed by atoms with van der Waals surface area (Å²) in [4.78, 5) is 11.5. The molecule has 1 saturated carbocycles. The number of hydrogen-bond acceptors (Lipinski definition) is 1. The van der Waals surface area contributed by atoms with Gasteiger partial charge in [-0.15, -0.1) is 0 Å². The second-order valence-electron chi connectivity index (χ2n) is 4.22. The van der Waals surface area contributed by atoms with Crippen LogP contribution >= 0.6 is 0 Å². The molecule has 3 nitrogen and oxygen atoms in total. The number of carbonyl (C=O) groups excluding carboxylic acids is 1. The molecule has 0 unspecified atom stereocenters. The zero-order valence-corrected chi connectivity index (χ0v) is 9.36. The second kappa shape index (κ2) is 5.23. The van der Waals surface area contributed by atoms with Gasteiger partial charge in [-0.3, -0.25) is 0 Å². The molecular formula is C11H22N2O. The van der Waals surface area contributed by atoms with E-state index in [9.17, 15) is 4.79 Å². The molecule has 0 aromatic rings. The van der Waals surface area contributed by atoms with Crippen LogP contribution in [0.5, 0.6) is 0 Å². The molecule has 14 heavy (non-hydrogen) atoms. The zero-order chi connectivity index (χ0) is 10.4. The number of urea groups is 1. The fourth-order valence-electron chi connectivity index (χ4n) is 2.14. The van der Waals surface area contributed by atoms with Gasteiger partial charge in [-0.2, -0.15) is 0 Å². The van der Waals surface area contributed by atoms with Gasteiger partial charge >= 0.3 is 6.03 Å². The Hall–Kier alpha value is -0.730. The summed E-state index contributed by atoms with van der Waals surface area (Å²) in [7, 11) is 0. The minimum Gasteiger partial charge on any atom is -0.338 e. The molecule has 0 aromatic carbocycles. The lowest BCUT2D eigenvalue weighted by molar-refractivity contribution is 0.223. The van der Waals surface area contributed by atoms with Crippen LogP contribution in [0.25, 0.3) is 0 Å². The van der Waals surface area contributed by atoms with E-state index in [4.69, 9.17) is 0 Å². The molecule has 0 radical (unpaired) electrons. The fraction of sp³-hybridized carbons (Fsp3) is 0.909. The van der Waals surface area contributed by atoms with Gasteiger partial charge in [-0.1, -0.05) is 26.7 Å². The lowest BCUT2D eigenvalue weighted by Gasteiger charge is -2.28. The van der Waals surface area contributed by atoms with E-state index in [1.54, 1.807) is 0 Å². The van der Waals surface area contributed by atoms with Crippen molar-refractivity contribution in [1.29, 1.82) is 0 Å². The summed E-state index contributed by atoms with van der Waals surface area (Å²) in [6, 6.07) is 0.00981. The van der Waals surface area contributed by atoms with E-state index in [2.05, 4.69) is 24.5 Å². The third kappa shape index (κ3) is 2.89. The molecule has 82 valence electrons. The predicted molar refractivity (Wildman–Crippen MR) is 58.3 cm³/mol. The molecule has 2 N–H and O–H groups in total. The summed E-state index contributed by atoms with van der Waals surface area (Å²) in [5.74, 6) is 0. The highest BCUT2D eigenvalue weighted by atomic mass is 16.2. The third-order valence-corrected chi connectivity index (χ3v) is 3.15. The molecule has 1 aliphatic carbocycles. The van der Waals surface area contributed by atoms with Gasteiger partial charge in [0.2, 0.25) is 0 Å². The highest BCUT2D eigenvalue weighted by Gasteiger charge is 2.33. The standard InChI is InChI=1S/C11H22N2O/c1-3-9-12-10(14)13-11(4-2)7-5-6-8-11/h3-9H2,1-2H3,(H2,12,13,14). The quantitative estimate of drug-likeness (QED) is 0.715. The smallest absolute Gasteiger partial charge is 0.315 e. The Morgan fingerprint density at radius 1 is 1.29 bits per heavy atom. The first-order valence-electron chi connectivity index (χ1n) is 5.78. The molecule has 1 aliphatic rings. The lowest BCUT2D eigenvalue weighted by Crippen LogP contribution is -2.50. The molecule has 3 heteroatoms. The van der Waals surface area contributed by atoms with Gasteiger partial charge in [0.1, 0.15) is 0 Å². The molecule has 0 saturated heterocycles. The molecule has 0 aliphatic heterocycles. The maximum absolute atomic E-state index is 11.5. The van der Waals surface area contributed by atoms with Gasteiger partial charge in [-0.25, -0.2) is 4.79 Å². The Labute approximate surface area is 86.6 Å². The first kappa shape index (κ1) is 11.3. The van der Waals surface area contributed by atoms with Crippen molar-refractivity contribution >= 4 is 6.03 Å². The van der Waals surface area contributed by atoms with Gasteiger partial charge in [-0.05, 0) is 25.7 Å².